The van der Waals surface area contributed by atoms with Gasteiger partial charge in [-0.2, -0.15) is 0 Å². The molecule has 1 aromatic carbocycles. The van der Waals surface area contributed by atoms with Crippen molar-refractivity contribution in [3.63, 3.8) is 0 Å². The summed E-state index contributed by atoms with van der Waals surface area (Å²) in [5.74, 6) is 0.0544. The van der Waals surface area contributed by atoms with E-state index in [1.54, 1.807) is 24.4 Å². The van der Waals surface area contributed by atoms with Crippen molar-refractivity contribution in [3.05, 3.63) is 30.0 Å². The fourth-order valence-corrected chi connectivity index (χ4v) is 2.83. The zero-order chi connectivity index (χ0) is 14.2. The first-order valence-corrected chi connectivity index (χ1v) is 8.06. The number of nitrogens with zero attached hydrogens (tertiary/aromatic N) is 1. The van der Waals surface area contributed by atoms with Crippen molar-refractivity contribution in [2.24, 2.45) is 7.05 Å². The number of hydrogen-bond donors (Lipinski definition) is 0. The normalized spacial score (nSPS) is 11.9. The highest BCUT2D eigenvalue weighted by Crippen LogP contribution is 2.25. The Bertz CT molecular complexity index is 741. The molecule has 102 valence electrons. The van der Waals surface area contributed by atoms with Gasteiger partial charge < -0.3 is 4.57 Å². The van der Waals surface area contributed by atoms with E-state index < -0.39 is 9.84 Å². The summed E-state index contributed by atoms with van der Waals surface area (Å²) < 4.78 is 25.0. The van der Waals surface area contributed by atoms with Crippen LogP contribution in [0.2, 0.25) is 0 Å². The fraction of sp³-hybridized carbons (Fsp3) is 0.357. The summed E-state index contributed by atoms with van der Waals surface area (Å²) in [5, 5.41) is 0.712. The molecule has 0 saturated heterocycles. The van der Waals surface area contributed by atoms with Crippen LogP contribution in [0.1, 0.15) is 30.1 Å². The van der Waals surface area contributed by atoms with Gasteiger partial charge in [0.2, 0.25) is 0 Å². The molecule has 0 radical (unpaired) electrons. The van der Waals surface area contributed by atoms with Crippen LogP contribution in [0.5, 0.6) is 0 Å². The maximum absolute atomic E-state index is 12.1. The van der Waals surface area contributed by atoms with Gasteiger partial charge in [-0.1, -0.05) is 6.92 Å². The number of ketones is 1. The molecule has 0 fully saturated rings. The number of Topliss-reactive ketones (excluding diaryl/α,β-unsaturated/α-hetero) is 1. The lowest BCUT2D eigenvalue weighted by atomic mass is 10.1. The number of fused-ring (bicyclic) bond motifs is 1. The molecule has 1 heterocycles. The molecular formula is C14H17NO3S. The molecule has 0 saturated carbocycles. The second kappa shape index (κ2) is 4.81. The van der Waals surface area contributed by atoms with E-state index in [9.17, 15) is 13.2 Å². The lowest BCUT2D eigenvalue weighted by molar-refractivity contribution is 0.0983. The lowest BCUT2D eigenvalue weighted by Gasteiger charge is -2.01. The summed E-state index contributed by atoms with van der Waals surface area (Å²) in [6, 6.07) is 4.91. The summed E-state index contributed by atoms with van der Waals surface area (Å²) in [4.78, 5) is 12.3. The first kappa shape index (κ1) is 13.8. The third kappa shape index (κ3) is 2.56. The fourth-order valence-electron chi connectivity index (χ4n) is 2.19. The second-order valence-corrected chi connectivity index (χ2v) is 6.79. The Morgan fingerprint density at radius 2 is 2.00 bits per heavy atom. The molecule has 2 aromatic rings. The Labute approximate surface area is 113 Å². The molecule has 0 amide bonds. The maximum atomic E-state index is 12.1. The largest absolute Gasteiger partial charge is 0.350 e. The minimum absolute atomic E-state index is 0.0544. The predicted molar refractivity (Wildman–Crippen MR) is 75.3 cm³/mol. The third-order valence-corrected chi connectivity index (χ3v) is 4.28. The zero-order valence-corrected chi connectivity index (χ0v) is 12.1. The van der Waals surface area contributed by atoms with Gasteiger partial charge in [-0.3, -0.25) is 4.79 Å². The summed E-state index contributed by atoms with van der Waals surface area (Å²) in [6.45, 7) is 1.95. The Morgan fingerprint density at radius 1 is 1.32 bits per heavy atom. The molecule has 2 rings (SSSR count). The van der Waals surface area contributed by atoms with E-state index in [4.69, 9.17) is 0 Å². The number of rotatable bonds is 4. The second-order valence-electron chi connectivity index (χ2n) is 4.78. The highest BCUT2D eigenvalue weighted by atomic mass is 32.2. The van der Waals surface area contributed by atoms with E-state index in [0.29, 0.717) is 17.4 Å². The average molecular weight is 279 g/mol. The predicted octanol–water partition coefficient (Wildman–Crippen LogP) is 2.56. The number of aromatic nitrogens is 1. The van der Waals surface area contributed by atoms with Crippen molar-refractivity contribution in [2.45, 2.75) is 24.7 Å². The first-order chi connectivity index (χ1) is 8.84. The Balaban J connectivity index is 2.69. The molecule has 0 aliphatic rings. The minimum atomic E-state index is -3.26. The number of carbonyl (C=O) groups is 1. The summed E-state index contributed by atoms with van der Waals surface area (Å²) in [5.41, 5.74) is 1.47. The standard InChI is InChI=1S/C14H17NO3S/c1-4-5-14(16)12-9-15(2)13-7-6-10(8-11(12)13)19(3,17)18/h6-9H,4-5H2,1-3H3. The van der Waals surface area contributed by atoms with Crippen LogP contribution in [0.25, 0.3) is 10.9 Å². The van der Waals surface area contributed by atoms with E-state index >= 15 is 0 Å². The SMILES string of the molecule is CCCC(=O)c1cn(C)c2ccc(S(C)(=O)=O)cc12. The van der Waals surface area contributed by atoms with Gasteiger partial charge in [0.05, 0.1) is 4.90 Å². The number of benzene rings is 1. The number of carbonyl (C=O) groups excluding carboxylic acids is 1. The average Bonchev–Trinajstić information content (AvgIpc) is 2.66. The van der Waals surface area contributed by atoms with Crippen molar-refractivity contribution in [1.29, 1.82) is 0 Å². The van der Waals surface area contributed by atoms with Crippen molar-refractivity contribution in [1.82, 2.24) is 4.57 Å². The molecule has 0 bridgehead atoms. The summed E-state index contributed by atoms with van der Waals surface area (Å²) >= 11 is 0. The van der Waals surface area contributed by atoms with Gasteiger partial charge in [0.1, 0.15) is 0 Å². The van der Waals surface area contributed by atoms with Crippen molar-refractivity contribution >= 4 is 26.5 Å². The van der Waals surface area contributed by atoms with Gasteiger partial charge in [0.25, 0.3) is 0 Å². The van der Waals surface area contributed by atoms with Crippen LogP contribution < -0.4 is 0 Å². The van der Waals surface area contributed by atoms with Crippen LogP contribution in [0.3, 0.4) is 0 Å². The molecule has 0 unspecified atom stereocenters. The topological polar surface area (TPSA) is 56.1 Å². The zero-order valence-electron chi connectivity index (χ0n) is 11.3. The number of sulfone groups is 1. The van der Waals surface area contributed by atoms with E-state index in [1.165, 1.54) is 6.26 Å². The quantitative estimate of drug-likeness (QED) is 0.808. The summed E-state index contributed by atoms with van der Waals surface area (Å²) in [6.07, 6.45) is 4.20. The highest BCUT2D eigenvalue weighted by molar-refractivity contribution is 7.90. The van der Waals surface area contributed by atoms with Crippen molar-refractivity contribution < 1.29 is 13.2 Å². The molecule has 0 N–H and O–H groups in total. The molecule has 4 nitrogen and oxygen atoms in total. The van der Waals surface area contributed by atoms with E-state index in [0.717, 1.165) is 11.9 Å². The third-order valence-electron chi connectivity index (χ3n) is 3.17. The van der Waals surface area contributed by atoms with Crippen LogP contribution in [-0.4, -0.2) is 25.0 Å². The minimum Gasteiger partial charge on any atom is -0.350 e. The highest BCUT2D eigenvalue weighted by Gasteiger charge is 2.16. The Hall–Kier alpha value is -1.62. The molecule has 19 heavy (non-hydrogen) atoms. The van der Waals surface area contributed by atoms with Crippen LogP contribution in [0.15, 0.2) is 29.3 Å². The van der Waals surface area contributed by atoms with Gasteiger partial charge in [-0.15, -0.1) is 0 Å². The number of aryl methyl sites for hydroxylation is 1. The van der Waals surface area contributed by atoms with Gasteiger partial charge in [0.15, 0.2) is 15.6 Å². The van der Waals surface area contributed by atoms with Crippen molar-refractivity contribution in [3.8, 4) is 0 Å². The van der Waals surface area contributed by atoms with Crippen LogP contribution in [0, 0.1) is 0 Å². The van der Waals surface area contributed by atoms with Gasteiger partial charge in [-0.05, 0) is 24.6 Å². The number of hydrogen-bond acceptors (Lipinski definition) is 3. The van der Waals surface area contributed by atoms with Gasteiger partial charge >= 0.3 is 0 Å². The summed E-state index contributed by atoms with van der Waals surface area (Å²) in [7, 11) is -1.41. The Morgan fingerprint density at radius 3 is 2.58 bits per heavy atom. The monoisotopic (exact) mass is 279 g/mol. The first-order valence-electron chi connectivity index (χ1n) is 6.17. The molecular weight excluding hydrogens is 262 g/mol. The smallest absolute Gasteiger partial charge is 0.175 e. The van der Waals surface area contributed by atoms with Crippen LogP contribution in [-0.2, 0) is 16.9 Å². The van der Waals surface area contributed by atoms with Gasteiger partial charge in [0, 0.05) is 42.4 Å². The van der Waals surface area contributed by atoms with Crippen LogP contribution >= 0.6 is 0 Å². The van der Waals surface area contributed by atoms with Crippen molar-refractivity contribution in [2.75, 3.05) is 6.26 Å². The molecule has 0 aliphatic heterocycles. The molecule has 5 heteroatoms. The molecule has 0 atom stereocenters. The van der Waals surface area contributed by atoms with Gasteiger partial charge in [-0.25, -0.2) is 8.42 Å². The molecule has 1 aromatic heterocycles. The molecule has 0 aliphatic carbocycles. The lowest BCUT2D eigenvalue weighted by Crippen LogP contribution is -1.99. The molecule has 0 spiro atoms. The van der Waals surface area contributed by atoms with E-state index in [1.807, 2.05) is 18.5 Å². The van der Waals surface area contributed by atoms with E-state index in [2.05, 4.69) is 0 Å². The van der Waals surface area contributed by atoms with E-state index in [-0.39, 0.29) is 10.7 Å². The van der Waals surface area contributed by atoms with Crippen LogP contribution in [0.4, 0.5) is 0 Å². The Kier molecular flexibility index (Phi) is 3.49. The maximum Gasteiger partial charge on any atom is 0.175 e.